The van der Waals surface area contributed by atoms with Crippen molar-refractivity contribution in [3.63, 3.8) is 0 Å². The molecule has 23 heavy (non-hydrogen) atoms. The maximum absolute atomic E-state index is 12.5. The molecule has 0 unspecified atom stereocenters. The number of anilines is 1. The fourth-order valence-electron chi connectivity index (χ4n) is 2.07. The number of ether oxygens (including phenoxy) is 2. The Morgan fingerprint density at radius 3 is 2.70 bits per heavy atom. The van der Waals surface area contributed by atoms with Crippen LogP contribution in [0.4, 0.5) is 5.69 Å². The lowest BCUT2D eigenvalue weighted by Gasteiger charge is -2.13. The van der Waals surface area contributed by atoms with Crippen molar-refractivity contribution in [2.75, 3.05) is 25.1 Å². The van der Waals surface area contributed by atoms with E-state index >= 15 is 0 Å². The molecule has 0 saturated carbocycles. The molecule has 0 fully saturated rings. The highest BCUT2D eigenvalue weighted by molar-refractivity contribution is 6.31. The Morgan fingerprint density at radius 1 is 1.13 bits per heavy atom. The lowest BCUT2D eigenvalue weighted by Crippen LogP contribution is -2.15. The van der Waals surface area contributed by atoms with E-state index in [1.54, 1.807) is 30.3 Å². The van der Waals surface area contributed by atoms with Crippen LogP contribution in [-0.4, -0.2) is 25.7 Å². The zero-order chi connectivity index (χ0) is 16.7. The summed E-state index contributed by atoms with van der Waals surface area (Å²) >= 11 is 6.08. The van der Waals surface area contributed by atoms with Gasteiger partial charge < -0.3 is 14.8 Å². The van der Waals surface area contributed by atoms with Crippen LogP contribution in [0, 0.1) is 6.92 Å². The first-order chi connectivity index (χ1) is 11.1. The molecule has 4 nitrogen and oxygen atoms in total. The van der Waals surface area contributed by atoms with Gasteiger partial charge in [-0.15, -0.1) is 0 Å². The summed E-state index contributed by atoms with van der Waals surface area (Å²) in [7, 11) is 0. The van der Waals surface area contributed by atoms with Crippen molar-refractivity contribution in [2.45, 2.75) is 13.8 Å². The highest BCUT2D eigenvalue weighted by Crippen LogP contribution is 2.25. The van der Waals surface area contributed by atoms with E-state index in [9.17, 15) is 4.79 Å². The molecule has 2 aromatic carbocycles. The van der Waals surface area contributed by atoms with E-state index in [-0.39, 0.29) is 5.91 Å². The van der Waals surface area contributed by atoms with Crippen LogP contribution in [0.5, 0.6) is 5.75 Å². The van der Waals surface area contributed by atoms with Crippen molar-refractivity contribution >= 4 is 23.2 Å². The van der Waals surface area contributed by atoms with Crippen molar-refractivity contribution in [1.29, 1.82) is 0 Å². The molecule has 0 radical (unpaired) electrons. The molecule has 2 aromatic rings. The molecular weight excluding hydrogens is 314 g/mol. The summed E-state index contributed by atoms with van der Waals surface area (Å²) < 4.78 is 10.9. The van der Waals surface area contributed by atoms with Crippen molar-refractivity contribution in [2.24, 2.45) is 0 Å². The molecular formula is C18H20ClNO3. The number of halogens is 1. The predicted molar refractivity (Wildman–Crippen MR) is 92.6 cm³/mol. The predicted octanol–water partition coefficient (Wildman–Crippen LogP) is 4.32. The van der Waals surface area contributed by atoms with E-state index in [4.69, 9.17) is 21.1 Å². The van der Waals surface area contributed by atoms with Gasteiger partial charge in [-0.2, -0.15) is 0 Å². The van der Waals surface area contributed by atoms with E-state index < -0.39 is 0 Å². The Hall–Kier alpha value is -2.04. The number of hydrogen-bond donors (Lipinski definition) is 1. The summed E-state index contributed by atoms with van der Waals surface area (Å²) in [5.74, 6) is 0.298. The van der Waals surface area contributed by atoms with Gasteiger partial charge in [-0.05, 0) is 43.7 Å². The Labute approximate surface area is 141 Å². The molecule has 0 heterocycles. The number of nitrogens with one attached hydrogen (secondary N) is 1. The second-order valence-electron chi connectivity index (χ2n) is 4.91. The van der Waals surface area contributed by atoms with Crippen LogP contribution in [-0.2, 0) is 4.74 Å². The van der Waals surface area contributed by atoms with Gasteiger partial charge >= 0.3 is 0 Å². The Balaban J connectivity index is 2.11. The van der Waals surface area contributed by atoms with E-state index in [0.29, 0.717) is 41.8 Å². The molecule has 0 aliphatic rings. The summed E-state index contributed by atoms with van der Waals surface area (Å²) in [4.78, 5) is 12.5. The minimum absolute atomic E-state index is 0.234. The minimum Gasteiger partial charge on any atom is -0.490 e. The molecule has 2 rings (SSSR count). The molecule has 1 amide bonds. The van der Waals surface area contributed by atoms with Crippen molar-refractivity contribution < 1.29 is 14.3 Å². The zero-order valence-electron chi connectivity index (χ0n) is 13.3. The Kier molecular flexibility index (Phi) is 6.44. The van der Waals surface area contributed by atoms with Crippen LogP contribution in [0.15, 0.2) is 42.5 Å². The van der Waals surface area contributed by atoms with Crippen LogP contribution >= 0.6 is 11.6 Å². The van der Waals surface area contributed by atoms with Crippen molar-refractivity contribution in [3.05, 3.63) is 58.6 Å². The Bertz CT molecular complexity index is 673. The second kappa shape index (κ2) is 8.56. The van der Waals surface area contributed by atoms with Crippen LogP contribution in [0.2, 0.25) is 5.02 Å². The molecule has 0 aliphatic carbocycles. The van der Waals surface area contributed by atoms with Crippen molar-refractivity contribution in [3.8, 4) is 5.75 Å². The third-order valence-electron chi connectivity index (χ3n) is 3.34. The van der Waals surface area contributed by atoms with Gasteiger partial charge in [0.05, 0.1) is 12.2 Å². The number of carbonyl (C=O) groups is 1. The molecule has 122 valence electrons. The van der Waals surface area contributed by atoms with Gasteiger partial charge in [0.2, 0.25) is 0 Å². The number of rotatable bonds is 7. The zero-order valence-corrected chi connectivity index (χ0v) is 14.0. The second-order valence-corrected chi connectivity index (χ2v) is 5.32. The standard InChI is InChI=1S/C18H20ClNO3/c1-3-22-11-12-23-17-10-5-4-7-14(17)18(21)20-16-9-6-8-15(19)13(16)2/h4-10H,3,11-12H2,1-2H3,(H,20,21). The van der Waals surface area contributed by atoms with Gasteiger partial charge in [-0.3, -0.25) is 4.79 Å². The lowest BCUT2D eigenvalue weighted by atomic mass is 10.1. The molecule has 0 aromatic heterocycles. The minimum atomic E-state index is -0.234. The fraction of sp³-hybridized carbons (Fsp3) is 0.278. The molecule has 1 N–H and O–H groups in total. The van der Waals surface area contributed by atoms with Crippen molar-refractivity contribution in [1.82, 2.24) is 0 Å². The first-order valence-electron chi connectivity index (χ1n) is 7.49. The van der Waals surface area contributed by atoms with E-state index in [0.717, 1.165) is 5.56 Å². The molecule has 0 atom stereocenters. The first kappa shape index (κ1) is 17.3. The monoisotopic (exact) mass is 333 g/mol. The SMILES string of the molecule is CCOCCOc1ccccc1C(=O)Nc1cccc(Cl)c1C. The van der Waals surface area contributed by atoms with E-state index in [1.807, 2.05) is 26.0 Å². The van der Waals surface area contributed by atoms with E-state index in [1.165, 1.54) is 0 Å². The number of hydrogen-bond acceptors (Lipinski definition) is 3. The topological polar surface area (TPSA) is 47.6 Å². The summed E-state index contributed by atoms with van der Waals surface area (Å²) in [6.07, 6.45) is 0. The van der Waals surface area contributed by atoms with Crippen LogP contribution in [0.3, 0.4) is 0 Å². The van der Waals surface area contributed by atoms with Gasteiger partial charge in [0.1, 0.15) is 12.4 Å². The number of benzene rings is 2. The average molecular weight is 334 g/mol. The Morgan fingerprint density at radius 2 is 1.91 bits per heavy atom. The molecule has 0 saturated heterocycles. The van der Waals surface area contributed by atoms with E-state index in [2.05, 4.69) is 5.32 Å². The maximum atomic E-state index is 12.5. The summed E-state index contributed by atoms with van der Waals surface area (Å²) in [6, 6.07) is 12.5. The summed E-state index contributed by atoms with van der Waals surface area (Å²) in [5, 5.41) is 3.49. The normalized spacial score (nSPS) is 10.4. The van der Waals surface area contributed by atoms with Gasteiger partial charge in [0.25, 0.3) is 5.91 Å². The molecule has 0 aliphatic heterocycles. The molecule has 5 heteroatoms. The van der Waals surface area contributed by atoms with Gasteiger partial charge in [0.15, 0.2) is 0 Å². The van der Waals surface area contributed by atoms with Crippen LogP contribution in [0.1, 0.15) is 22.8 Å². The largest absolute Gasteiger partial charge is 0.490 e. The number of amides is 1. The van der Waals surface area contributed by atoms with Gasteiger partial charge in [0, 0.05) is 17.3 Å². The van der Waals surface area contributed by atoms with Crippen LogP contribution in [0.25, 0.3) is 0 Å². The highest BCUT2D eigenvalue weighted by Gasteiger charge is 2.13. The number of para-hydroxylation sites is 1. The van der Waals surface area contributed by atoms with Gasteiger partial charge in [-0.1, -0.05) is 29.8 Å². The lowest BCUT2D eigenvalue weighted by molar-refractivity contribution is 0.0998. The first-order valence-corrected chi connectivity index (χ1v) is 7.87. The maximum Gasteiger partial charge on any atom is 0.259 e. The number of carbonyl (C=O) groups excluding carboxylic acids is 1. The highest BCUT2D eigenvalue weighted by atomic mass is 35.5. The van der Waals surface area contributed by atoms with Crippen LogP contribution < -0.4 is 10.1 Å². The molecule has 0 bridgehead atoms. The average Bonchev–Trinajstić information content (AvgIpc) is 2.56. The van der Waals surface area contributed by atoms with Gasteiger partial charge in [-0.25, -0.2) is 0 Å². The third kappa shape index (κ3) is 4.71. The third-order valence-corrected chi connectivity index (χ3v) is 3.75. The smallest absolute Gasteiger partial charge is 0.259 e. The quantitative estimate of drug-likeness (QED) is 0.768. The fourth-order valence-corrected chi connectivity index (χ4v) is 2.24. The molecule has 0 spiro atoms. The summed E-state index contributed by atoms with van der Waals surface area (Å²) in [6.45, 7) is 5.31. The summed E-state index contributed by atoms with van der Waals surface area (Å²) in [5.41, 5.74) is 1.99.